The second-order valence-electron chi connectivity index (χ2n) is 4.33. The number of unbranched alkanes of at least 4 members (excludes halogenated alkanes) is 1. The van der Waals surface area contributed by atoms with Crippen molar-refractivity contribution >= 4 is 5.91 Å². The molecule has 0 saturated heterocycles. The highest BCUT2D eigenvalue weighted by Gasteiger charge is 2.32. The third-order valence-corrected chi connectivity index (χ3v) is 2.43. The highest BCUT2D eigenvalue weighted by atomic mass is 19.4. The number of halogens is 3. The minimum atomic E-state index is -4.34. The lowest BCUT2D eigenvalue weighted by Crippen LogP contribution is -2.40. The number of nitrogens with two attached hydrogens (primary N) is 1. The Hall–Kier alpha value is -0.780. The maximum atomic E-state index is 12.3. The number of alkyl halides is 3. The van der Waals surface area contributed by atoms with Crippen LogP contribution in [0.2, 0.25) is 0 Å². The second kappa shape index (κ2) is 7.53. The average Bonchev–Trinajstić information content (AvgIpc) is 2.22. The summed E-state index contributed by atoms with van der Waals surface area (Å²) >= 11 is 0. The van der Waals surface area contributed by atoms with E-state index in [9.17, 15) is 18.0 Å². The minimum Gasteiger partial charge on any atom is -0.334 e. The zero-order valence-electron chi connectivity index (χ0n) is 10.4. The Morgan fingerprint density at radius 3 is 2.41 bits per heavy atom. The summed E-state index contributed by atoms with van der Waals surface area (Å²) in [5.74, 6) is -0.548. The van der Waals surface area contributed by atoms with Gasteiger partial charge in [-0.05, 0) is 18.9 Å². The lowest BCUT2D eigenvalue weighted by molar-refractivity contribution is -0.161. The van der Waals surface area contributed by atoms with Gasteiger partial charge in [-0.15, -0.1) is 0 Å². The van der Waals surface area contributed by atoms with Crippen LogP contribution in [0.1, 0.15) is 33.1 Å². The first-order chi connectivity index (χ1) is 7.80. The van der Waals surface area contributed by atoms with Crippen LogP contribution in [-0.4, -0.2) is 36.6 Å². The highest BCUT2D eigenvalue weighted by molar-refractivity contribution is 5.76. The van der Waals surface area contributed by atoms with Crippen molar-refractivity contribution in [1.82, 2.24) is 4.90 Å². The predicted molar refractivity (Wildman–Crippen MR) is 60.4 cm³/mol. The van der Waals surface area contributed by atoms with Crippen molar-refractivity contribution in [2.24, 2.45) is 11.7 Å². The topological polar surface area (TPSA) is 46.3 Å². The van der Waals surface area contributed by atoms with Crippen LogP contribution in [0.15, 0.2) is 0 Å². The Labute approximate surface area is 100 Å². The molecule has 2 N–H and O–H groups in total. The summed E-state index contributed by atoms with van der Waals surface area (Å²) in [5.41, 5.74) is 5.35. The number of hydrogen-bond donors (Lipinski definition) is 1. The SMILES string of the molecule is CCCCN(CC(F)(F)F)C(=O)CC(C)CN. The third kappa shape index (κ3) is 8.01. The number of hydrogen-bond acceptors (Lipinski definition) is 2. The Kier molecular flexibility index (Phi) is 7.18. The lowest BCUT2D eigenvalue weighted by Gasteiger charge is -2.25. The zero-order valence-corrected chi connectivity index (χ0v) is 10.4. The Balaban J connectivity index is 4.39. The van der Waals surface area contributed by atoms with Crippen LogP contribution in [0.25, 0.3) is 0 Å². The van der Waals surface area contributed by atoms with Gasteiger partial charge in [0.1, 0.15) is 6.54 Å². The molecule has 6 heteroatoms. The molecule has 1 unspecified atom stereocenters. The van der Waals surface area contributed by atoms with Crippen molar-refractivity contribution in [3.05, 3.63) is 0 Å². The second-order valence-corrected chi connectivity index (χ2v) is 4.33. The molecule has 0 aromatic rings. The van der Waals surface area contributed by atoms with Crippen molar-refractivity contribution in [1.29, 1.82) is 0 Å². The van der Waals surface area contributed by atoms with Crippen molar-refractivity contribution < 1.29 is 18.0 Å². The Bertz CT molecular complexity index is 231. The molecule has 0 fully saturated rings. The van der Waals surface area contributed by atoms with E-state index in [1.165, 1.54) is 0 Å². The summed E-state index contributed by atoms with van der Waals surface area (Å²) in [6.07, 6.45) is -2.92. The molecule has 0 radical (unpaired) electrons. The van der Waals surface area contributed by atoms with E-state index in [-0.39, 0.29) is 18.9 Å². The fraction of sp³-hybridized carbons (Fsp3) is 0.909. The first-order valence-electron chi connectivity index (χ1n) is 5.84. The van der Waals surface area contributed by atoms with Crippen molar-refractivity contribution in [3.63, 3.8) is 0 Å². The van der Waals surface area contributed by atoms with Crippen LogP contribution in [-0.2, 0) is 4.79 Å². The number of rotatable bonds is 7. The molecule has 0 bridgehead atoms. The predicted octanol–water partition coefficient (Wildman–Crippen LogP) is 2.16. The number of carbonyl (C=O) groups is 1. The van der Waals surface area contributed by atoms with Crippen molar-refractivity contribution in [2.45, 2.75) is 39.3 Å². The summed E-state index contributed by atoms with van der Waals surface area (Å²) in [7, 11) is 0. The van der Waals surface area contributed by atoms with Gasteiger partial charge in [0.05, 0.1) is 0 Å². The smallest absolute Gasteiger partial charge is 0.334 e. The molecule has 0 aliphatic carbocycles. The van der Waals surface area contributed by atoms with Gasteiger partial charge in [0.2, 0.25) is 5.91 Å². The lowest BCUT2D eigenvalue weighted by atomic mass is 10.1. The van der Waals surface area contributed by atoms with Gasteiger partial charge in [-0.25, -0.2) is 0 Å². The maximum absolute atomic E-state index is 12.3. The molecule has 0 heterocycles. The van der Waals surface area contributed by atoms with E-state index < -0.39 is 18.6 Å². The summed E-state index contributed by atoms with van der Waals surface area (Å²) in [5, 5.41) is 0. The molecule has 0 rings (SSSR count). The van der Waals surface area contributed by atoms with E-state index in [2.05, 4.69) is 0 Å². The Morgan fingerprint density at radius 1 is 1.41 bits per heavy atom. The first-order valence-corrected chi connectivity index (χ1v) is 5.84. The van der Waals surface area contributed by atoms with E-state index >= 15 is 0 Å². The van der Waals surface area contributed by atoms with E-state index in [4.69, 9.17) is 5.73 Å². The van der Waals surface area contributed by atoms with Gasteiger partial charge in [-0.2, -0.15) is 13.2 Å². The van der Waals surface area contributed by atoms with Crippen LogP contribution in [0.5, 0.6) is 0 Å². The monoisotopic (exact) mass is 254 g/mol. The number of carbonyl (C=O) groups excluding carboxylic acids is 1. The Morgan fingerprint density at radius 2 is 2.00 bits per heavy atom. The molecular formula is C11H21F3N2O. The summed E-state index contributed by atoms with van der Waals surface area (Å²) in [4.78, 5) is 12.6. The molecule has 0 saturated carbocycles. The molecule has 17 heavy (non-hydrogen) atoms. The fourth-order valence-electron chi connectivity index (χ4n) is 1.37. The maximum Gasteiger partial charge on any atom is 0.406 e. The summed E-state index contributed by atoms with van der Waals surface area (Å²) < 4.78 is 36.9. The average molecular weight is 254 g/mol. The molecule has 1 amide bonds. The normalized spacial score (nSPS) is 13.5. The van der Waals surface area contributed by atoms with Gasteiger partial charge in [-0.1, -0.05) is 20.3 Å². The molecule has 0 spiro atoms. The van der Waals surface area contributed by atoms with E-state index in [1.807, 2.05) is 6.92 Å². The van der Waals surface area contributed by atoms with E-state index in [0.717, 1.165) is 11.3 Å². The molecule has 0 aromatic carbocycles. The van der Waals surface area contributed by atoms with Crippen LogP contribution in [0.4, 0.5) is 13.2 Å². The summed E-state index contributed by atoms with van der Waals surface area (Å²) in [6, 6.07) is 0. The number of amides is 1. The van der Waals surface area contributed by atoms with Crippen LogP contribution in [0, 0.1) is 5.92 Å². The molecule has 0 aliphatic rings. The molecule has 3 nitrogen and oxygen atoms in total. The van der Waals surface area contributed by atoms with Crippen molar-refractivity contribution in [3.8, 4) is 0 Å². The molecule has 102 valence electrons. The van der Waals surface area contributed by atoms with Gasteiger partial charge in [0, 0.05) is 13.0 Å². The summed E-state index contributed by atoms with van der Waals surface area (Å²) in [6.45, 7) is 2.93. The van der Waals surface area contributed by atoms with Crippen LogP contribution >= 0.6 is 0 Å². The van der Waals surface area contributed by atoms with Gasteiger partial charge in [0.15, 0.2) is 0 Å². The van der Waals surface area contributed by atoms with Gasteiger partial charge >= 0.3 is 6.18 Å². The van der Waals surface area contributed by atoms with E-state index in [1.54, 1.807) is 6.92 Å². The van der Waals surface area contributed by atoms with Crippen molar-refractivity contribution in [2.75, 3.05) is 19.6 Å². The van der Waals surface area contributed by atoms with E-state index in [0.29, 0.717) is 13.0 Å². The van der Waals surface area contributed by atoms with Crippen LogP contribution in [0.3, 0.4) is 0 Å². The third-order valence-electron chi connectivity index (χ3n) is 2.43. The molecule has 0 aromatic heterocycles. The fourth-order valence-corrected chi connectivity index (χ4v) is 1.37. The van der Waals surface area contributed by atoms with Gasteiger partial charge in [0.25, 0.3) is 0 Å². The standard InChI is InChI=1S/C11H21F3N2O/c1-3-4-5-16(8-11(12,13)14)10(17)6-9(2)7-15/h9H,3-8,15H2,1-2H3. The largest absolute Gasteiger partial charge is 0.406 e. The highest BCUT2D eigenvalue weighted by Crippen LogP contribution is 2.18. The van der Waals surface area contributed by atoms with Crippen LogP contribution < -0.4 is 5.73 Å². The molecular weight excluding hydrogens is 233 g/mol. The van der Waals surface area contributed by atoms with Gasteiger partial charge in [-0.3, -0.25) is 4.79 Å². The minimum absolute atomic E-state index is 0.0797. The first kappa shape index (κ1) is 16.2. The zero-order chi connectivity index (χ0) is 13.5. The molecule has 0 aliphatic heterocycles. The number of nitrogens with zero attached hydrogens (tertiary/aromatic N) is 1. The quantitative estimate of drug-likeness (QED) is 0.756. The molecule has 1 atom stereocenters. The van der Waals surface area contributed by atoms with Gasteiger partial charge < -0.3 is 10.6 Å².